The van der Waals surface area contributed by atoms with E-state index in [2.05, 4.69) is 13.2 Å². The van der Waals surface area contributed by atoms with Crippen LogP contribution in [0, 0.1) is 23.7 Å². The number of fused-ring (bicyclic) bond motifs is 1. The van der Waals surface area contributed by atoms with Gasteiger partial charge < -0.3 is 0 Å². The summed E-state index contributed by atoms with van der Waals surface area (Å²) < 4.78 is 0. The minimum Gasteiger partial charge on any atom is -0.299 e. The summed E-state index contributed by atoms with van der Waals surface area (Å²) in [6.07, 6.45) is 3.77. The molecule has 0 amide bonds. The number of carbonyl (C=O) groups excluding carboxylic acids is 2. The number of hydrogen-bond donors (Lipinski definition) is 0. The maximum atomic E-state index is 13.1. The molecule has 128 valence electrons. The first-order valence-electron chi connectivity index (χ1n) is 8.71. The summed E-state index contributed by atoms with van der Waals surface area (Å²) in [6, 6.07) is 0. The highest BCUT2D eigenvalue weighted by molar-refractivity contribution is 5.98. The van der Waals surface area contributed by atoms with E-state index >= 15 is 0 Å². The van der Waals surface area contributed by atoms with Gasteiger partial charge in [0.2, 0.25) is 0 Å². The van der Waals surface area contributed by atoms with Crippen LogP contribution >= 0.6 is 0 Å². The van der Waals surface area contributed by atoms with Gasteiger partial charge in [-0.05, 0) is 38.3 Å². The lowest BCUT2D eigenvalue weighted by Gasteiger charge is -2.57. The van der Waals surface area contributed by atoms with Gasteiger partial charge >= 0.3 is 0 Å². The number of hydrogen-bond acceptors (Lipinski definition) is 4. The number of Topliss-reactive ketones (excluding diaryl/α,β-unsaturated/α-hetero) is 2. The van der Waals surface area contributed by atoms with Crippen LogP contribution in [0.2, 0.25) is 0 Å². The largest absolute Gasteiger partial charge is 0.299 e. The van der Waals surface area contributed by atoms with Gasteiger partial charge in [0.05, 0.1) is 0 Å². The second kappa shape index (κ2) is 4.77. The van der Waals surface area contributed by atoms with E-state index in [0.717, 1.165) is 16.7 Å². The molecule has 2 saturated carbocycles. The van der Waals surface area contributed by atoms with Crippen molar-refractivity contribution in [3.8, 4) is 0 Å². The van der Waals surface area contributed by atoms with Crippen molar-refractivity contribution >= 4 is 11.6 Å². The molecule has 1 saturated heterocycles. The van der Waals surface area contributed by atoms with E-state index in [9.17, 15) is 9.59 Å². The molecule has 1 spiro atoms. The Kier molecular flexibility index (Phi) is 3.17. The fourth-order valence-corrected chi connectivity index (χ4v) is 5.47. The van der Waals surface area contributed by atoms with E-state index in [1.54, 1.807) is 0 Å². The van der Waals surface area contributed by atoms with E-state index in [0.29, 0.717) is 19.3 Å². The van der Waals surface area contributed by atoms with Crippen LogP contribution in [0.3, 0.4) is 0 Å². The smallest absolute Gasteiger partial charge is 0.189 e. The normalized spacial score (nSPS) is 47.1. The zero-order valence-electron chi connectivity index (χ0n) is 14.6. The van der Waals surface area contributed by atoms with Gasteiger partial charge in [-0.2, -0.15) is 0 Å². The first-order valence-corrected chi connectivity index (χ1v) is 8.71. The van der Waals surface area contributed by atoms with Crippen LogP contribution in [0.4, 0.5) is 0 Å². The summed E-state index contributed by atoms with van der Waals surface area (Å²) in [5, 5.41) is 0. The number of ketones is 2. The molecule has 3 aliphatic carbocycles. The quantitative estimate of drug-likeness (QED) is 0.547. The summed E-state index contributed by atoms with van der Waals surface area (Å²) in [4.78, 5) is 37.5. The first kappa shape index (κ1) is 16.0. The zero-order valence-corrected chi connectivity index (χ0v) is 14.6. The van der Waals surface area contributed by atoms with Gasteiger partial charge in [0.15, 0.2) is 11.4 Å². The molecule has 0 N–H and O–H groups in total. The van der Waals surface area contributed by atoms with Crippen molar-refractivity contribution in [3.63, 3.8) is 0 Å². The molecule has 0 aromatic heterocycles. The molecular formula is C20H24O4. The standard InChI is InChI=1S/C20H24O4/c1-10(2)15-14(21)7-6-11(3)16-17(15)19(5)9-13-8-12(4)18(22)20(13,16)24-23-19/h9,12,15-17H,1,3,6-8H2,2,4-5H3/t12-,15-,16+,17+,19-,20+/m0/s1. The summed E-state index contributed by atoms with van der Waals surface area (Å²) in [6.45, 7) is 14.1. The van der Waals surface area contributed by atoms with E-state index in [4.69, 9.17) is 9.78 Å². The highest BCUT2D eigenvalue weighted by Gasteiger charge is 2.71. The van der Waals surface area contributed by atoms with E-state index in [-0.39, 0.29) is 35.2 Å². The van der Waals surface area contributed by atoms with Gasteiger partial charge in [-0.25, -0.2) is 9.78 Å². The van der Waals surface area contributed by atoms with Gasteiger partial charge in [0.25, 0.3) is 0 Å². The van der Waals surface area contributed by atoms with E-state index < -0.39 is 11.2 Å². The molecule has 6 atom stereocenters. The van der Waals surface area contributed by atoms with Crippen LogP contribution in [0.1, 0.15) is 40.0 Å². The summed E-state index contributed by atoms with van der Waals surface area (Å²) in [7, 11) is 0. The predicted octanol–water partition coefficient (Wildman–Crippen LogP) is 3.34. The monoisotopic (exact) mass is 328 g/mol. The van der Waals surface area contributed by atoms with Crippen LogP contribution < -0.4 is 0 Å². The SMILES string of the molecule is C=C(C)[C@H]1C(=O)CCC(=C)[C@@H]2[C@@H]1[C@]1(C)C=C3C[C@H](C)C(=O)[C@@]32OO1. The molecule has 2 aliphatic heterocycles. The van der Waals surface area contributed by atoms with Gasteiger partial charge in [-0.1, -0.05) is 31.2 Å². The van der Waals surface area contributed by atoms with Crippen LogP contribution in [0.5, 0.6) is 0 Å². The second-order valence-electron chi connectivity index (χ2n) is 8.18. The Bertz CT molecular complexity index is 717. The molecule has 0 radical (unpaired) electrons. The summed E-state index contributed by atoms with van der Waals surface area (Å²) >= 11 is 0. The average Bonchev–Trinajstić information content (AvgIpc) is 2.65. The Morgan fingerprint density at radius 2 is 2.00 bits per heavy atom. The summed E-state index contributed by atoms with van der Waals surface area (Å²) in [5.41, 5.74) is 0.938. The Hall–Kier alpha value is -1.52. The molecule has 2 bridgehead atoms. The second-order valence-corrected chi connectivity index (χ2v) is 8.18. The van der Waals surface area contributed by atoms with Gasteiger partial charge in [-0.3, -0.25) is 9.59 Å². The van der Waals surface area contributed by atoms with Gasteiger partial charge in [-0.15, -0.1) is 0 Å². The van der Waals surface area contributed by atoms with Crippen LogP contribution in [-0.4, -0.2) is 22.8 Å². The Morgan fingerprint density at radius 3 is 2.67 bits per heavy atom. The molecule has 5 rings (SSSR count). The molecule has 0 aromatic rings. The molecule has 4 heteroatoms. The maximum absolute atomic E-state index is 13.1. The van der Waals surface area contributed by atoms with Gasteiger partial charge in [0.1, 0.15) is 11.4 Å². The van der Waals surface area contributed by atoms with E-state index in [1.807, 2.05) is 26.8 Å². The molecule has 5 aliphatic rings. The van der Waals surface area contributed by atoms with Crippen molar-refractivity contribution in [2.45, 2.75) is 51.2 Å². The Morgan fingerprint density at radius 1 is 1.29 bits per heavy atom. The molecule has 0 aromatic carbocycles. The van der Waals surface area contributed by atoms with Crippen molar-refractivity contribution in [2.24, 2.45) is 23.7 Å². The van der Waals surface area contributed by atoms with Crippen molar-refractivity contribution in [1.29, 1.82) is 0 Å². The minimum absolute atomic E-state index is 0.0569. The lowest BCUT2D eigenvalue weighted by atomic mass is 9.56. The lowest BCUT2D eigenvalue weighted by molar-refractivity contribution is -0.441. The van der Waals surface area contributed by atoms with Gasteiger partial charge in [0, 0.05) is 30.1 Å². The third-order valence-electron chi connectivity index (χ3n) is 6.46. The third kappa shape index (κ3) is 1.71. The molecule has 0 unspecified atom stereocenters. The highest BCUT2D eigenvalue weighted by atomic mass is 17.2. The number of carbonyl (C=O) groups is 2. The molecular weight excluding hydrogens is 304 g/mol. The van der Waals surface area contributed by atoms with Crippen molar-refractivity contribution in [1.82, 2.24) is 0 Å². The third-order valence-corrected chi connectivity index (χ3v) is 6.46. The molecule has 3 fully saturated rings. The maximum Gasteiger partial charge on any atom is 0.189 e. The Balaban J connectivity index is 1.98. The number of rotatable bonds is 1. The highest BCUT2D eigenvalue weighted by Crippen LogP contribution is 2.63. The van der Waals surface area contributed by atoms with Crippen molar-refractivity contribution < 1.29 is 19.4 Å². The number of allylic oxidation sites excluding steroid dienone is 1. The van der Waals surface area contributed by atoms with Crippen LogP contribution in [0.25, 0.3) is 0 Å². The van der Waals surface area contributed by atoms with Crippen LogP contribution in [-0.2, 0) is 19.4 Å². The summed E-state index contributed by atoms with van der Waals surface area (Å²) in [5.74, 6) is -0.622. The fourth-order valence-electron chi connectivity index (χ4n) is 5.47. The fraction of sp³-hybridized carbons (Fsp3) is 0.600. The first-order chi connectivity index (χ1) is 11.2. The topological polar surface area (TPSA) is 52.6 Å². The molecule has 2 heterocycles. The zero-order chi connectivity index (χ0) is 17.4. The lowest BCUT2D eigenvalue weighted by Crippen LogP contribution is -2.66. The Labute approximate surface area is 142 Å². The van der Waals surface area contributed by atoms with Crippen molar-refractivity contribution in [3.05, 3.63) is 36.0 Å². The molecule has 24 heavy (non-hydrogen) atoms. The molecule has 4 nitrogen and oxygen atoms in total. The van der Waals surface area contributed by atoms with Crippen LogP contribution in [0.15, 0.2) is 36.0 Å². The van der Waals surface area contributed by atoms with Crippen molar-refractivity contribution in [2.75, 3.05) is 0 Å². The predicted molar refractivity (Wildman–Crippen MR) is 88.8 cm³/mol. The minimum atomic E-state index is -1.09. The average molecular weight is 328 g/mol. The van der Waals surface area contributed by atoms with E-state index in [1.165, 1.54) is 0 Å².